The SMILES string of the molecule is CN(CCNC(=O)CCc1cccs1)c1ccccc1. The lowest BCUT2D eigenvalue weighted by atomic mass is 10.2. The number of hydrogen-bond acceptors (Lipinski definition) is 3. The van der Waals surface area contributed by atoms with Gasteiger partial charge in [-0.1, -0.05) is 24.3 Å². The lowest BCUT2D eigenvalue weighted by Gasteiger charge is -2.19. The third-order valence-electron chi connectivity index (χ3n) is 3.14. The van der Waals surface area contributed by atoms with Gasteiger partial charge in [-0.2, -0.15) is 0 Å². The predicted octanol–water partition coefficient (Wildman–Crippen LogP) is 2.93. The fourth-order valence-electron chi connectivity index (χ4n) is 1.95. The summed E-state index contributed by atoms with van der Waals surface area (Å²) in [5.41, 5.74) is 1.17. The molecule has 0 saturated heterocycles. The molecule has 0 bridgehead atoms. The van der Waals surface area contributed by atoms with Gasteiger partial charge in [-0.3, -0.25) is 4.79 Å². The number of aryl methyl sites for hydroxylation is 1. The Bertz CT molecular complexity index is 511. The number of carbonyl (C=O) groups excluding carboxylic acids is 1. The largest absolute Gasteiger partial charge is 0.373 e. The molecule has 3 nitrogen and oxygen atoms in total. The minimum absolute atomic E-state index is 0.125. The van der Waals surface area contributed by atoms with Gasteiger partial charge in [0.1, 0.15) is 0 Å². The fraction of sp³-hybridized carbons (Fsp3) is 0.312. The normalized spacial score (nSPS) is 10.2. The third kappa shape index (κ3) is 4.70. The maximum Gasteiger partial charge on any atom is 0.220 e. The van der Waals surface area contributed by atoms with E-state index in [0.717, 1.165) is 13.0 Å². The van der Waals surface area contributed by atoms with E-state index in [9.17, 15) is 4.79 Å². The molecule has 4 heteroatoms. The Morgan fingerprint density at radius 1 is 1.20 bits per heavy atom. The van der Waals surface area contributed by atoms with E-state index < -0.39 is 0 Å². The molecule has 0 fully saturated rings. The minimum atomic E-state index is 0.125. The number of anilines is 1. The summed E-state index contributed by atoms with van der Waals surface area (Å²) in [7, 11) is 2.03. The smallest absolute Gasteiger partial charge is 0.220 e. The monoisotopic (exact) mass is 288 g/mol. The van der Waals surface area contributed by atoms with Crippen LogP contribution >= 0.6 is 11.3 Å². The summed E-state index contributed by atoms with van der Waals surface area (Å²) in [6.45, 7) is 1.49. The zero-order valence-electron chi connectivity index (χ0n) is 11.7. The number of likely N-dealkylation sites (N-methyl/N-ethyl adjacent to an activating group) is 1. The zero-order chi connectivity index (χ0) is 14.2. The maximum absolute atomic E-state index is 11.7. The van der Waals surface area contributed by atoms with E-state index in [1.807, 2.05) is 36.7 Å². The van der Waals surface area contributed by atoms with Crippen LogP contribution in [0.4, 0.5) is 5.69 Å². The highest BCUT2D eigenvalue weighted by molar-refractivity contribution is 7.09. The Balaban J connectivity index is 1.64. The van der Waals surface area contributed by atoms with Crippen LogP contribution in [0.25, 0.3) is 0 Å². The van der Waals surface area contributed by atoms with Crippen molar-refractivity contribution in [2.24, 2.45) is 0 Å². The molecule has 1 N–H and O–H groups in total. The van der Waals surface area contributed by atoms with Crippen LogP contribution in [-0.2, 0) is 11.2 Å². The first-order valence-corrected chi connectivity index (χ1v) is 7.69. The number of nitrogens with one attached hydrogen (secondary N) is 1. The Kier molecular flexibility index (Phi) is 5.62. The zero-order valence-corrected chi connectivity index (χ0v) is 12.5. The van der Waals surface area contributed by atoms with Gasteiger partial charge in [0.05, 0.1) is 0 Å². The molecule has 106 valence electrons. The van der Waals surface area contributed by atoms with E-state index in [2.05, 4.69) is 28.4 Å². The van der Waals surface area contributed by atoms with Crippen molar-refractivity contribution in [2.75, 3.05) is 25.0 Å². The highest BCUT2D eigenvalue weighted by Gasteiger charge is 2.04. The molecular formula is C16H20N2OS. The highest BCUT2D eigenvalue weighted by atomic mass is 32.1. The second-order valence-corrected chi connectivity index (χ2v) is 5.72. The average Bonchev–Trinajstić information content (AvgIpc) is 2.99. The van der Waals surface area contributed by atoms with Gasteiger partial charge < -0.3 is 10.2 Å². The lowest BCUT2D eigenvalue weighted by Crippen LogP contribution is -2.33. The number of nitrogens with zero attached hydrogens (tertiary/aromatic N) is 1. The van der Waals surface area contributed by atoms with Crippen LogP contribution in [0.2, 0.25) is 0 Å². The van der Waals surface area contributed by atoms with Gasteiger partial charge in [-0.15, -0.1) is 11.3 Å². The summed E-state index contributed by atoms with van der Waals surface area (Å²) in [5.74, 6) is 0.125. The topological polar surface area (TPSA) is 32.3 Å². The summed E-state index contributed by atoms with van der Waals surface area (Å²) in [4.78, 5) is 15.1. The van der Waals surface area contributed by atoms with Crippen LogP contribution in [0.3, 0.4) is 0 Å². The Labute approximate surface area is 124 Å². The number of carbonyl (C=O) groups is 1. The molecule has 1 heterocycles. The molecule has 0 aliphatic rings. The minimum Gasteiger partial charge on any atom is -0.373 e. The molecule has 0 atom stereocenters. The number of benzene rings is 1. The fourth-order valence-corrected chi connectivity index (χ4v) is 2.66. The summed E-state index contributed by atoms with van der Waals surface area (Å²) in [5, 5.41) is 5.01. The van der Waals surface area contributed by atoms with Crippen LogP contribution in [-0.4, -0.2) is 26.0 Å². The van der Waals surface area contributed by atoms with Crippen LogP contribution in [0.15, 0.2) is 47.8 Å². The lowest BCUT2D eigenvalue weighted by molar-refractivity contribution is -0.120. The first-order chi connectivity index (χ1) is 9.75. The molecule has 20 heavy (non-hydrogen) atoms. The van der Waals surface area contributed by atoms with Crippen LogP contribution in [0.5, 0.6) is 0 Å². The molecule has 0 aliphatic heterocycles. The molecule has 2 aromatic rings. The van der Waals surface area contributed by atoms with Gasteiger partial charge in [0, 0.05) is 37.1 Å². The van der Waals surface area contributed by atoms with E-state index in [0.29, 0.717) is 13.0 Å². The second-order valence-electron chi connectivity index (χ2n) is 4.69. The predicted molar refractivity (Wildman–Crippen MR) is 85.4 cm³/mol. The molecule has 0 unspecified atom stereocenters. The molecule has 2 rings (SSSR count). The number of thiophene rings is 1. The summed E-state index contributed by atoms with van der Waals surface area (Å²) < 4.78 is 0. The molecular weight excluding hydrogens is 268 g/mol. The Morgan fingerprint density at radius 3 is 2.70 bits per heavy atom. The molecule has 0 radical (unpaired) electrons. The summed E-state index contributed by atoms with van der Waals surface area (Å²) in [6.07, 6.45) is 1.40. The van der Waals surface area contributed by atoms with E-state index in [-0.39, 0.29) is 5.91 Å². The quantitative estimate of drug-likeness (QED) is 0.849. The molecule has 0 spiro atoms. The van der Waals surface area contributed by atoms with Crippen LogP contribution in [0.1, 0.15) is 11.3 Å². The second kappa shape index (κ2) is 7.70. The molecule has 1 aromatic carbocycles. The van der Waals surface area contributed by atoms with E-state index in [4.69, 9.17) is 0 Å². The van der Waals surface area contributed by atoms with E-state index in [1.54, 1.807) is 11.3 Å². The van der Waals surface area contributed by atoms with Crippen molar-refractivity contribution in [3.05, 3.63) is 52.7 Å². The van der Waals surface area contributed by atoms with Crippen molar-refractivity contribution in [1.82, 2.24) is 5.32 Å². The standard InChI is InChI=1S/C16H20N2OS/c1-18(14-6-3-2-4-7-14)12-11-17-16(19)10-9-15-8-5-13-20-15/h2-8,13H,9-12H2,1H3,(H,17,19). The van der Waals surface area contributed by atoms with Crippen molar-refractivity contribution in [1.29, 1.82) is 0 Å². The number of hydrogen-bond donors (Lipinski definition) is 1. The molecule has 0 saturated carbocycles. The van der Waals surface area contributed by atoms with Gasteiger partial charge in [-0.05, 0) is 30.0 Å². The first kappa shape index (κ1) is 14.6. The van der Waals surface area contributed by atoms with Crippen LogP contribution in [0, 0.1) is 0 Å². The van der Waals surface area contributed by atoms with Crippen molar-refractivity contribution < 1.29 is 4.79 Å². The molecule has 0 aliphatic carbocycles. The number of para-hydroxylation sites is 1. The van der Waals surface area contributed by atoms with Gasteiger partial charge in [-0.25, -0.2) is 0 Å². The molecule has 1 aromatic heterocycles. The van der Waals surface area contributed by atoms with Gasteiger partial charge >= 0.3 is 0 Å². The number of amides is 1. The van der Waals surface area contributed by atoms with E-state index in [1.165, 1.54) is 10.6 Å². The molecule has 1 amide bonds. The first-order valence-electron chi connectivity index (χ1n) is 6.81. The highest BCUT2D eigenvalue weighted by Crippen LogP contribution is 2.11. The maximum atomic E-state index is 11.7. The summed E-state index contributed by atoms with van der Waals surface area (Å²) in [6, 6.07) is 14.3. The van der Waals surface area contributed by atoms with Crippen molar-refractivity contribution in [2.45, 2.75) is 12.8 Å². The Morgan fingerprint density at radius 2 is 2.00 bits per heavy atom. The van der Waals surface area contributed by atoms with Crippen molar-refractivity contribution >= 4 is 22.9 Å². The third-order valence-corrected chi connectivity index (χ3v) is 4.08. The van der Waals surface area contributed by atoms with E-state index >= 15 is 0 Å². The van der Waals surface area contributed by atoms with Crippen LogP contribution < -0.4 is 10.2 Å². The number of rotatable bonds is 7. The van der Waals surface area contributed by atoms with Crippen molar-refractivity contribution in [3.8, 4) is 0 Å². The average molecular weight is 288 g/mol. The van der Waals surface area contributed by atoms with Crippen molar-refractivity contribution in [3.63, 3.8) is 0 Å². The van der Waals surface area contributed by atoms with Gasteiger partial charge in [0.2, 0.25) is 5.91 Å². The van der Waals surface area contributed by atoms with Gasteiger partial charge in [0.15, 0.2) is 0 Å². The Hall–Kier alpha value is -1.81. The summed E-state index contributed by atoms with van der Waals surface area (Å²) >= 11 is 1.70. The van der Waals surface area contributed by atoms with Gasteiger partial charge in [0.25, 0.3) is 0 Å².